The molecule has 7 nitrogen and oxygen atoms in total. The number of aromatic nitrogens is 1. The molecule has 3 amide bonds. The summed E-state index contributed by atoms with van der Waals surface area (Å²) in [4.78, 5) is 48.3. The molecule has 2 aliphatic heterocycles. The highest BCUT2D eigenvalue weighted by molar-refractivity contribution is 6.31. The van der Waals surface area contributed by atoms with Crippen molar-refractivity contribution >= 4 is 35.0 Å². The molecular formula is C26H23ClN4O3. The van der Waals surface area contributed by atoms with Crippen molar-refractivity contribution in [3.05, 3.63) is 94.3 Å². The van der Waals surface area contributed by atoms with Gasteiger partial charge in [-0.15, -0.1) is 0 Å². The number of carbonyl (C=O) groups excluding carboxylic acids is 3. The van der Waals surface area contributed by atoms with Gasteiger partial charge in [-0.25, -0.2) is 0 Å². The van der Waals surface area contributed by atoms with E-state index in [0.29, 0.717) is 42.3 Å². The summed E-state index contributed by atoms with van der Waals surface area (Å²) in [5.41, 5.74) is 3.21. The van der Waals surface area contributed by atoms with E-state index in [4.69, 9.17) is 11.6 Å². The predicted octanol–water partition coefficient (Wildman–Crippen LogP) is 3.42. The Bertz CT molecular complexity index is 1260. The lowest BCUT2D eigenvalue weighted by Gasteiger charge is -2.36. The molecular weight excluding hydrogens is 452 g/mol. The van der Waals surface area contributed by atoms with Gasteiger partial charge in [-0.3, -0.25) is 24.3 Å². The topological polar surface area (TPSA) is 73.8 Å². The van der Waals surface area contributed by atoms with Gasteiger partial charge in [0.2, 0.25) is 5.91 Å². The van der Waals surface area contributed by atoms with E-state index in [1.54, 1.807) is 30.6 Å². The normalized spacial score (nSPS) is 15.6. The second-order valence-corrected chi connectivity index (χ2v) is 8.80. The van der Waals surface area contributed by atoms with E-state index in [0.717, 1.165) is 16.8 Å². The van der Waals surface area contributed by atoms with Gasteiger partial charge in [-0.2, -0.15) is 0 Å². The average molecular weight is 475 g/mol. The van der Waals surface area contributed by atoms with Crippen LogP contribution in [0.1, 0.15) is 31.8 Å². The van der Waals surface area contributed by atoms with Gasteiger partial charge in [0.25, 0.3) is 11.8 Å². The summed E-state index contributed by atoms with van der Waals surface area (Å²) < 4.78 is 0. The number of halogens is 1. The summed E-state index contributed by atoms with van der Waals surface area (Å²) in [7, 11) is 0. The molecule has 0 atom stereocenters. The highest BCUT2D eigenvalue weighted by atomic mass is 35.5. The standard InChI is InChI=1S/C26H23ClN4O3/c27-21-8-2-1-6-19(21)15-23(32)30-13-11-29(12-14-30)22-9-3-7-20-24(22)26(34)31(25(20)33)17-18-5-4-10-28-16-18/h1-10,16H,11-15,17H2. The van der Waals surface area contributed by atoms with Gasteiger partial charge in [0.15, 0.2) is 0 Å². The van der Waals surface area contributed by atoms with Crippen molar-refractivity contribution in [2.45, 2.75) is 13.0 Å². The maximum absolute atomic E-state index is 13.3. The SMILES string of the molecule is O=C(Cc1ccccc1Cl)N1CCN(c2cccc3c2C(=O)N(Cc2cccnc2)C3=O)CC1. The fourth-order valence-corrected chi connectivity index (χ4v) is 4.71. The van der Waals surface area contributed by atoms with E-state index in [-0.39, 0.29) is 30.7 Å². The van der Waals surface area contributed by atoms with Crippen molar-refractivity contribution < 1.29 is 14.4 Å². The molecule has 1 aromatic heterocycles. The van der Waals surface area contributed by atoms with Crippen LogP contribution in [0.4, 0.5) is 5.69 Å². The Balaban J connectivity index is 1.29. The highest BCUT2D eigenvalue weighted by Crippen LogP contribution is 2.33. The number of piperazine rings is 1. The lowest BCUT2D eigenvalue weighted by molar-refractivity contribution is -0.130. The quantitative estimate of drug-likeness (QED) is 0.530. The van der Waals surface area contributed by atoms with E-state index >= 15 is 0 Å². The number of nitrogens with zero attached hydrogens (tertiary/aromatic N) is 4. The third kappa shape index (κ3) is 4.15. The third-order valence-electron chi connectivity index (χ3n) is 6.31. The van der Waals surface area contributed by atoms with E-state index in [1.807, 2.05) is 41.3 Å². The molecule has 1 saturated heterocycles. The maximum atomic E-state index is 13.3. The smallest absolute Gasteiger partial charge is 0.263 e. The van der Waals surface area contributed by atoms with E-state index < -0.39 is 0 Å². The van der Waals surface area contributed by atoms with Crippen molar-refractivity contribution in [2.75, 3.05) is 31.1 Å². The highest BCUT2D eigenvalue weighted by Gasteiger charge is 2.39. The molecule has 2 aromatic carbocycles. The van der Waals surface area contributed by atoms with Crippen molar-refractivity contribution in [3.8, 4) is 0 Å². The Kier molecular flexibility index (Phi) is 6.02. The van der Waals surface area contributed by atoms with Gasteiger partial charge >= 0.3 is 0 Å². The van der Waals surface area contributed by atoms with Crippen LogP contribution in [0.5, 0.6) is 0 Å². The summed E-state index contributed by atoms with van der Waals surface area (Å²) in [5.74, 6) is -0.559. The van der Waals surface area contributed by atoms with Gasteiger partial charge in [0.05, 0.1) is 29.8 Å². The molecule has 3 heterocycles. The van der Waals surface area contributed by atoms with Crippen molar-refractivity contribution in [2.24, 2.45) is 0 Å². The molecule has 2 aliphatic rings. The summed E-state index contributed by atoms with van der Waals surface area (Å²) in [6.45, 7) is 2.41. The molecule has 1 fully saturated rings. The van der Waals surface area contributed by atoms with Crippen LogP contribution in [0.15, 0.2) is 67.0 Å². The number of pyridine rings is 1. The Morgan fingerprint density at radius 3 is 2.44 bits per heavy atom. The Morgan fingerprint density at radius 1 is 0.912 bits per heavy atom. The fraction of sp³-hybridized carbons (Fsp3) is 0.231. The lowest BCUT2D eigenvalue weighted by Crippen LogP contribution is -2.49. The maximum Gasteiger partial charge on any atom is 0.263 e. The van der Waals surface area contributed by atoms with Crippen LogP contribution in [0, 0.1) is 0 Å². The summed E-state index contributed by atoms with van der Waals surface area (Å²) in [6, 6.07) is 16.4. The number of carbonyl (C=O) groups is 3. The van der Waals surface area contributed by atoms with Gasteiger partial charge in [0, 0.05) is 43.6 Å². The Labute approximate surface area is 202 Å². The van der Waals surface area contributed by atoms with Crippen molar-refractivity contribution in [1.82, 2.24) is 14.8 Å². The number of anilines is 1. The summed E-state index contributed by atoms with van der Waals surface area (Å²) in [6.07, 6.45) is 3.57. The molecule has 0 aliphatic carbocycles. The second kappa shape index (κ2) is 9.27. The lowest BCUT2D eigenvalue weighted by atomic mass is 10.1. The Hall–Kier alpha value is -3.71. The number of benzene rings is 2. The number of imide groups is 1. The summed E-state index contributed by atoms with van der Waals surface area (Å²) in [5, 5.41) is 0.591. The van der Waals surface area contributed by atoms with Gasteiger partial charge in [-0.1, -0.05) is 41.9 Å². The first-order valence-electron chi connectivity index (χ1n) is 11.2. The molecule has 8 heteroatoms. The minimum atomic E-state index is -0.295. The van der Waals surface area contributed by atoms with Crippen molar-refractivity contribution in [1.29, 1.82) is 0 Å². The molecule has 3 aromatic rings. The molecule has 0 unspecified atom stereocenters. The molecule has 5 rings (SSSR count). The van der Waals surface area contributed by atoms with Crippen LogP contribution in [0.2, 0.25) is 5.02 Å². The zero-order valence-corrected chi connectivity index (χ0v) is 19.2. The van der Waals surface area contributed by atoms with Crippen molar-refractivity contribution in [3.63, 3.8) is 0 Å². The average Bonchev–Trinajstić information content (AvgIpc) is 3.11. The van der Waals surface area contributed by atoms with E-state index in [9.17, 15) is 14.4 Å². The number of fused-ring (bicyclic) bond motifs is 1. The number of hydrogen-bond donors (Lipinski definition) is 0. The zero-order valence-electron chi connectivity index (χ0n) is 18.5. The zero-order chi connectivity index (χ0) is 23.7. The largest absolute Gasteiger partial charge is 0.367 e. The molecule has 0 radical (unpaired) electrons. The number of rotatable bonds is 5. The first-order chi connectivity index (χ1) is 16.5. The first-order valence-corrected chi connectivity index (χ1v) is 11.5. The minimum Gasteiger partial charge on any atom is -0.367 e. The van der Waals surface area contributed by atoms with Gasteiger partial charge < -0.3 is 9.80 Å². The molecule has 172 valence electrons. The van der Waals surface area contributed by atoms with Crippen LogP contribution < -0.4 is 4.90 Å². The molecule has 0 spiro atoms. The molecule has 0 bridgehead atoms. The third-order valence-corrected chi connectivity index (χ3v) is 6.68. The van der Waals surface area contributed by atoms with Crippen LogP contribution in [0.3, 0.4) is 0 Å². The van der Waals surface area contributed by atoms with E-state index in [2.05, 4.69) is 9.88 Å². The molecule has 34 heavy (non-hydrogen) atoms. The van der Waals surface area contributed by atoms with Gasteiger partial charge in [0.1, 0.15) is 0 Å². The van der Waals surface area contributed by atoms with Crippen LogP contribution in [-0.4, -0.2) is 58.7 Å². The number of amides is 3. The minimum absolute atomic E-state index is 0.0277. The summed E-state index contributed by atoms with van der Waals surface area (Å²) >= 11 is 6.21. The first kappa shape index (κ1) is 22.1. The van der Waals surface area contributed by atoms with Crippen LogP contribution in [0.25, 0.3) is 0 Å². The van der Waals surface area contributed by atoms with Gasteiger partial charge in [-0.05, 0) is 35.4 Å². The van der Waals surface area contributed by atoms with Crippen LogP contribution >= 0.6 is 11.6 Å². The molecule has 0 saturated carbocycles. The second-order valence-electron chi connectivity index (χ2n) is 8.39. The predicted molar refractivity (Wildman–Crippen MR) is 129 cm³/mol. The fourth-order valence-electron chi connectivity index (χ4n) is 4.51. The monoisotopic (exact) mass is 474 g/mol. The molecule has 0 N–H and O–H groups in total. The van der Waals surface area contributed by atoms with Crippen LogP contribution in [-0.2, 0) is 17.8 Å². The Morgan fingerprint density at radius 2 is 1.71 bits per heavy atom. The van der Waals surface area contributed by atoms with E-state index in [1.165, 1.54) is 4.90 Å². The number of hydrogen-bond acceptors (Lipinski definition) is 5.